The highest BCUT2D eigenvalue weighted by molar-refractivity contribution is 4.84. The van der Waals surface area contributed by atoms with E-state index in [0.717, 1.165) is 32.7 Å². The number of rotatable bonds is 5. The van der Waals surface area contributed by atoms with Gasteiger partial charge in [0.25, 0.3) is 0 Å². The summed E-state index contributed by atoms with van der Waals surface area (Å²) in [5.74, 6) is 0. The van der Waals surface area contributed by atoms with Crippen LogP contribution in [-0.4, -0.2) is 56.0 Å². The van der Waals surface area contributed by atoms with Crippen molar-refractivity contribution >= 4 is 0 Å². The van der Waals surface area contributed by atoms with Crippen LogP contribution in [0.3, 0.4) is 0 Å². The van der Waals surface area contributed by atoms with Crippen LogP contribution in [0.4, 0.5) is 0 Å². The fraction of sp³-hybridized carbons (Fsp3) is 1.00. The molecule has 1 aliphatic heterocycles. The summed E-state index contributed by atoms with van der Waals surface area (Å²) in [5, 5.41) is 0. The SMILES string of the molecule is COCCC(N)CN1CC(C)OC(C)(C)C1. The van der Waals surface area contributed by atoms with Crippen molar-refractivity contribution in [2.24, 2.45) is 5.73 Å². The summed E-state index contributed by atoms with van der Waals surface area (Å²) >= 11 is 0. The predicted molar refractivity (Wildman–Crippen MR) is 65.5 cm³/mol. The van der Waals surface area contributed by atoms with Gasteiger partial charge in [-0.1, -0.05) is 0 Å². The third-order valence-corrected chi connectivity index (χ3v) is 2.83. The average molecular weight is 230 g/mol. The predicted octanol–water partition coefficient (Wildman–Crippen LogP) is 0.850. The fourth-order valence-corrected chi connectivity index (χ4v) is 2.42. The van der Waals surface area contributed by atoms with E-state index in [2.05, 4.69) is 25.7 Å². The maximum absolute atomic E-state index is 6.06. The lowest BCUT2D eigenvalue weighted by Gasteiger charge is -2.42. The normalized spacial score (nSPS) is 27.9. The number of nitrogens with zero attached hydrogens (tertiary/aromatic N) is 1. The van der Waals surface area contributed by atoms with Crippen LogP contribution in [0.5, 0.6) is 0 Å². The van der Waals surface area contributed by atoms with Crippen molar-refractivity contribution in [1.29, 1.82) is 0 Å². The molecule has 0 amide bonds. The van der Waals surface area contributed by atoms with Gasteiger partial charge in [-0.3, -0.25) is 4.90 Å². The van der Waals surface area contributed by atoms with Gasteiger partial charge in [0.2, 0.25) is 0 Å². The lowest BCUT2D eigenvalue weighted by Crippen LogP contribution is -2.54. The summed E-state index contributed by atoms with van der Waals surface area (Å²) in [6, 6.07) is 0.195. The second kappa shape index (κ2) is 5.96. The zero-order valence-electron chi connectivity index (χ0n) is 11.0. The Balaban J connectivity index is 2.35. The van der Waals surface area contributed by atoms with E-state index < -0.39 is 0 Å². The quantitative estimate of drug-likeness (QED) is 0.760. The number of nitrogens with two attached hydrogens (primary N) is 1. The van der Waals surface area contributed by atoms with Crippen molar-refractivity contribution < 1.29 is 9.47 Å². The second-order valence-electron chi connectivity index (χ2n) is 5.42. The molecule has 96 valence electrons. The Morgan fingerprint density at radius 3 is 2.81 bits per heavy atom. The van der Waals surface area contributed by atoms with E-state index in [1.165, 1.54) is 0 Å². The topological polar surface area (TPSA) is 47.7 Å². The van der Waals surface area contributed by atoms with Gasteiger partial charge in [-0.15, -0.1) is 0 Å². The minimum atomic E-state index is -0.0569. The standard InChI is InChI=1S/C12H26N2O2/c1-10-7-14(9-12(2,3)16-10)8-11(13)5-6-15-4/h10-11H,5-9,13H2,1-4H3. The van der Waals surface area contributed by atoms with Crippen LogP contribution >= 0.6 is 0 Å². The minimum absolute atomic E-state index is 0.0569. The maximum atomic E-state index is 6.06. The molecule has 1 fully saturated rings. The number of ether oxygens (including phenoxy) is 2. The van der Waals surface area contributed by atoms with Crippen molar-refractivity contribution in [2.75, 3.05) is 33.4 Å². The molecule has 0 aliphatic carbocycles. The van der Waals surface area contributed by atoms with E-state index in [1.807, 2.05) is 0 Å². The molecule has 2 atom stereocenters. The number of hydrogen-bond acceptors (Lipinski definition) is 4. The molecule has 0 aromatic carbocycles. The highest BCUT2D eigenvalue weighted by Crippen LogP contribution is 2.20. The summed E-state index contributed by atoms with van der Waals surface area (Å²) in [6.45, 7) is 9.99. The van der Waals surface area contributed by atoms with Crippen LogP contribution < -0.4 is 5.73 Å². The first-order chi connectivity index (χ1) is 7.43. The molecule has 4 nitrogen and oxygen atoms in total. The molecule has 2 N–H and O–H groups in total. The van der Waals surface area contributed by atoms with Gasteiger partial charge in [0, 0.05) is 39.4 Å². The lowest BCUT2D eigenvalue weighted by atomic mass is 10.0. The van der Waals surface area contributed by atoms with Gasteiger partial charge < -0.3 is 15.2 Å². The third-order valence-electron chi connectivity index (χ3n) is 2.83. The van der Waals surface area contributed by atoms with Crippen LogP contribution in [0, 0.1) is 0 Å². The summed E-state index contributed by atoms with van der Waals surface area (Å²) in [6.07, 6.45) is 1.21. The molecule has 1 aliphatic rings. The van der Waals surface area contributed by atoms with E-state index >= 15 is 0 Å². The number of morpholine rings is 1. The van der Waals surface area contributed by atoms with Crippen molar-refractivity contribution in [3.05, 3.63) is 0 Å². The van der Waals surface area contributed by atoms with Crippen LogP contribution in [0.2, 0.25) is 0 Å². The lowest BCUT2D eigenvalue weighted by molar-refractivity contribution is -0.129. The molecule has 1 heterocycles. The van der Waals surface area contributed by atoms with Crippen LogP contribution in [-0.2, 0) is 9.47 Å². The molecule has 16 heavy (non-hydrogen) atoms. The van der Waals surface area contributed by atoms with Gasteiger partial charge in [0.1, 0.15) is 0 Å². The van der Waals surface area contributed by atoms with Gasteiger partial charge in [-0.05, 0) is 27.2 Å². The van der Waals surface area contributed by atoms with E-state index in [4.69, 9.17) is 15.2 Å². The van der Waals surface area contributed by atoms with Gasteiger partial charge in [-0.25, -0.2) is 0 Å². The molecule has 0 saturated carbocycles. The summed E-state index contributed by atoms with van der Waals surface area (Å²) in [7, 11) is 1.71. The molecule has 0 aromatic heterocycles. The average Bonchev–Trinajstić information content (AvgIpc) is 2.11. The largest absolute Gasteiger partial charge is 0.385 e. The Morgan fingerprint density at radius 2 is 2.25 bits per heavy atom. The first-order valence-electron chi connectivity index (χ1n) is 6.07. The molecule has 1 rings (SSSR count). The summed E-state index contributed by atoms with van der Waals surface area (Å²) in [4.78, 5) is 2.40. The van der Waals surface area contributed by atoms with Gasteiger partial charge >= 0.3 is 0 Å². The van der Waals surface area contributed by atoms with Crippen molar-refractivity contribution in [2.45, 2.75) is 44.9 Å². The molecule has 0 aromatic rings. The van der Waals surface area contributed by atoms with E-state index in [0.29, 0.717) is 6.10 Å². The number of methoxy groups -OCH3 is 1. The maximum Gasteiger partial charge on any atom is 0.0757 e. The minimum Gasteiger partial charge on any atom is -0.385 e. The Morgan fingerprint density at radius 1 is 1.56 bits per heavy atom. The molecule has 1 saturated heterocycles. The highest BCUT2D eigenvalue weighted by atomic mass is 16.5. The Hall–Kier alpha value is -0.160. The third kappa shape index (κ3) is 4.78. The molecule has 2 unspecified atom stereocenters. The van der Waals surface area contributed by atoms with Crippen LogP contribution in [0.15, 0.2) is 0 Å². The van der Waals surface area contributed by atoms with Gasteiger partial charge in [0.15, 0.2) is 0 Å². The Labute approximate surface area is 99.1 Å². The van der Waals surface area contributed by atoms with Crippen LogP contribution in [0.1, 0.15) is 27.2 Å². The highest BCUT2D eigenvalue weighted by Gasteiger charge is 2.31. The van der Waals surface area contributed by atoms with E-state index in [1.54, 1.807) is 7.11 Å². The van der Waals surface area contributed by atoms with Crippen molar-refractivity contribution in [3.63, 3.8) is 0 Å². The summed E-state index contributed by atoms with van der Waals surface area (Å²) in [5.41, 5.74) is 6.01. The first-order valence-corrected chi connectivity index (χ1v) is 6.07. The van der Waals surface area contributed by atoms with Gasteiger partial charge in [-0.2, -0.15) is 0 Å². The molecular formula is C12H26N2O2. The molecular weight excluding hydrogens is 204 g/mol. The molecule has 0 radical (unpaired) electrons. The molecule has 0 spiro atoms. The zero-order valence-corrected chi connectivity index (χ0v) is 11.0. The van der Waals surface area contributed by atoms with E-state index in [9.17, 15) is 0 Å². The zero-order chi connectivity index (χ0) is 12.2. The van der Waals surface area contributed by atoms with Crippen molar-refractivity contribution in [1.82, 2.24) is 4.90 Å². The first kappa shape index (κ1) is 13.9. The second-order valence-corrected chi connectivity index (χ2v) is 5.42. The Bertz CT molecular complexity index is 209. The van der Waals surface area contributed by atoms with Gasteiger partial charge in [0.05, 0.1) is 11.7 Å². The monoisotopic (exact) mass is 230 g/mol. The smallest absolute Gasteiger partial charge is 0.0757 e. The van der Waals surface area contributed by atoms with Crippen LogP contribution in [0.25, 0.3) is 0 Å². The summed E-state index contributed by atoms with van der Waals surface area (Å²) < 4.78 is 10.9. The molecule has 4 heteroatoms. The van der Waals surface area contributed by atoms with Crippen molar-refractivity contribution in [3.8, 4) is 0 Å². The Kier molecular flexibility index (Phi) is 5.18. The molecule has 0 bridgehead atoms. The van der Waals surface area contributed by atoms with E-state index in [-0.39, 0.29) is 11.6 Å². The fourth-order valence-electron chi connectivity index (χ4n) is 2.42. The number of hydrogen-bond donors (Lipinski definition) is 1.